The first-order valence-corrected chi connectivity index (χ1v) is 5.84. The van der Waals surface area contributed by atoms with Crippen molar-refractivity contribution in [1.82, 2.24) is 9.97 Å². The number of hydrogen-bond acceptors (Lipinski definition) is 4. The summed E-state index contributed by atoms with van der Waals surface area (Å²) in [7, 11) is 0. The molecule has 4 heteroatoms. The topological polar surface area (TPSA) is 37.8 Å². The van der Waals surface area contributed by atoms with E-state index in [1.165, 1.54) is 0 Å². The van der Waals surface area contributed by atoms with Gasteiger partial charge in [-0.15, -0.1) is 11.3 Å². The maximum Gasteiger partial charge on any atom is 0.126 e. The van der Waals surface area contributed by atoms with Gasteiger partial charge >= 0.3 is 0 Å². The van der Waals surface area contributed by atoms with Crippen LogP contribution >= 0.6 is 11.3 Å². The Balaban J connectivity index is 2.11. The predicted octanol–water partition coefficient (Wildman–Crippen LogP) is 2.56. The minimum absolute atomic E-state index is 0.816. The predicted molar refractivity (Wildman–Crippen MR) is 63.3 cm³/mol. The smallest absolute Gasteiger partial charge is 0.126 e. The van der Waals surface area contributed by atoms with Crippen LogP contribution in [0.25, 0.3) is 0 Å². The van der Waals surface area contributed by atoms with Crippen LogP contribution in [0.15, 0.2) is 29.8 Å². The lowest BCUT2D eigenvalue weighted by molar-refractivity contribution is 1.04. The van der Waals surface area contributed by atoms with E-state index in [4.69, 9.17) is 0 Å². The molecule has 0 aliphatic carbocycles. The highest BCUT2D eigenvalue weighted by Crippen LogP contribution is 2.12. The van der Waals surface area contributed by atoms with E-state index in [1.54, 1.807) is 11.3 Å². The molecule has 0 saturated carbocycles. The number of pyridine rings is 1. The second kappa shape index (κ2) is 4.89. The second-order valence-electron chi connectivity index (χ2n) is 3.15. The highest BCUT2D eigenvalue weighted by molar-refractivity contribution is 7.09. The number of hydrogen-bond donors (Lipinski definition) is 1. The molecule has 0 spiro atoms. The summed E-state index contributed by atoms with van der Waals surface area (Å²) in [5.41, 5.74) is 1.06. The van der Waals surface area contributed by atoms with E-state index in [-0.39, 0.29) is 0 Å². The lowest BCUT2D eigenvalue weighted by Gasteiger charge is -2.03. The minimum Gasteiger partial charge on any atom is -0.370 e. The summed E-state index contributed by atoms with van der Waals surface area (Å²) >= 11 is 1.67. The molecule has 0 aromatic carbocycles. The summed E-state index contributed by atoms with van der Waals surface area (Å²) in [6.07, 6.45) is 2.64. The van der Waals surface area contributed by atoms with Crippen molar-refractivity contribution in [3.05, 3.63) is 40.5 Å². The monoisotopic (exact) mass is 219 g/mol. The van der Waals surface area contributed by atoms with Gasteiger partial charge in [0.2, 0.25) is 0 Å². The number of nitrogens with zero attached hydrogens (tertiary/aromatic N) is 2. The van der Waals surface area contributed by atoms with E-state index in [0.717, 1.165) is 29.5 Å². The molecule has 0 bridgehead atoms. The molecular weight excluding hydrogens is 206 g/mol. The fourth-order valence-electron chi connectivity index (χ4n) is 1.35. The van der Waals surface area contributed by atoms with Crippen LogP contribution in [0.2, 0.25) is 0 Å². The zero-order valence-corrected chi connectivity index (χ0v) is 9.42. The Hall–Kier alpha value is -1.42. The first-order chi connectivity index (χ1) is 7.38. The van der Waals surface area contributed by atoms with Crippen molar-refractivity contribution >= 4 is 17.2 Å². The van der Waals surface area contributed by atoms with Gasteiger partial charge in [0.1, 0.15) is 5.82 Å². The van der Waals surface area contributed by atoms with Crippen molar-refractivity contribution in [2.45, 2.75) is 13.3 Å². The van der Waals surface area contributed by atoms with E-state index in [0.29, 0.717) is 0 Å². The first-order valence-electron chi connectivity index (χ1n) is 4.96. The van der Waals surface area contributed by atoms with Gasteiger partial charge in [-0.05, 0) is 19.1 Å². The summed E-state index contributed by atoms with van der Waals surface area (Å²) in [6, 6.07) is 6.03. The van der Waals surface area contributed by atoms with Gasteiger partial charge in [0, 0.05) is 30.2 Å². The van der Waals surface area contributed by atoms with Gasteiger partial charge in [0.05, 0.1) is 5.01 Å². The largest absolute Gasteiger partial charge is 0.370 e. The summed E-state index contributed by atoms with van der Waals surface area (Å²) in [6.45, 7) is 2.96. The van der Waals surface area contributed by atoms with Crippen molar-refractivity contribution < 1.29 is 0 Å². The van der Waals surface area contributed by atoms with E-state index < -0.39 is 0 Å². The normalized spacial score (nSPS) is 10.2. The number of rotatable bonds is 4. The Morgan fingerprint density at radius 3 is 3.07 bits per heavy atom. The third kappa shape index (κ3) is 2.76. The van der Waals surface area contributed by atoms with Crippen LogP contribution in [-0.4, -0.2) is 16.5 Å². The van der Waals surface area contributed by atoms with E-state index in [2.05, 4.69) is 22.2 Å². The molecule has 0 amide bonds. The molecule has 0 fully saturated rings. The Labute approximate surface area is 93.2 Å². The van der Waals surface area contributed by atoms with Crippen LogP contribution in [0.5, 0.6) is 0 Å². The van der Waals surface area contributed by atoms with Crippen LogP contribution in [-0.2, 0) is 6.42 Å². The molecule has 2 rings (SSSR count). The lowest BCUT2D eigenvalue weighted by atomic mass is 10.3. The quantitative estimate of drug-likeness (QED) is 0.858. The molecule has 0 saturated heterocycles. The molecule has 3 nitrogen and oxygen atoms in total. The van der Waals surface area contributed by atoms with E-state index in [9.17, 15) is 0 Å². The van der Waals surface area contributed by atoms with E-state index in [1.807, 2.05) is 29.8 Å². The summed E-state index contributed by atoms with van der Waals surface area (Å²) in [4.78, 5) is 8.74. The molecular formula is C11H13N3S. The zero-order valence-electron chi connectivity index (χ0n) is 8.60. The van der Waals surface area contributed by atoms with Gasteiger partial charge in [-0.3, -0.25) is 0 Å². The van der Waals surface area contributed by atoms with Crippen LogP contribution in [0.1, 0.15) is 17.6 Å². The average molecular weight is 219 g/mol. The fraction of sp³-hybridized carbons (Fsp3) is 0.273. The molecule has 2 heterocycles. The van der Waals surface area contributed by atoms with Gasteiger partial charge < -0.3 is 5.32 Å². The van der Waals surface area contributed by atoms with E-state index >= 15 is 0 Å². The van der Waals surface area contributed by atoms with Crippen LogP contribution < -0.4 is 5.32 Å². The first kappa shape index (κ1) is 10.1. The third-order valence-corrected chi connectivity index (χ3v) is 2.76. The Bertz CT molecular complexity index is 412. The van der Waals surface area contributed by atoms with Crippen LogP contribution in [0, 0.1) is 0 Å². The molecule has 1 N–H and O–H groups in total. The SMILES string of the molecule is CCNc1cccc(Cc2nccs2)n1. The number of thiazole rings is 1. The minimum atomic E-state index is 0.816. The molecule has 0 radical (unpaired) electrons. The maximum absolute atomic E-state index is 4.49. The molecule has 2 aromatic heterocycles. The van der Waals surface area contributed by atoms with Gasteiger partial charge in [-0.1, -0.05) is 6.07 Å². The van der Waals surface area contributed by atoms with Gasteiger partial charge in [0.15, 0.2) is 0 Å². The van der Waals surface area contributed by atoms with Gasteiger partial charge in [0.25, 0.3) is 0 Å². The standard InChI is InChI=1S/C11H13N3S/c1-2-12-10-5-3-4-9(14-10)8-11-13-6-7-15-11/h3-7H,2,8H2,1H3,(H,12,14). The molecule has 0 aliphatic rings. The van der Waals surface area contributed by atoms with Crippen molar-refractivity contribution in [2.24, 2.45) is 0 Å². The van der Waals surface area contributed by atoms with Crippen molar-refractivity contribution in [3.63, 3.8) is 0 Å². The second-order valence-corrected chi connectivity index (χ2v) is 4.13. The average Bonchev–Trinajstić information content (AvgIpc) is 2.71. The highest BCUT2D eigenvalue weighted by Gasteiger charge is 2.00. The third-order valence-electron chi connectivity index (χ3n) is 1.98. The summed E-state index contributed by atoms with van der Waals surface area (Å²) in [5.74, 6) is 0.937. The molecule has 15 heavy (non-hydrogen) atoms. The van der Waals surface area contributed by atoms with Crippen LogP contribution in [0.3, 0.4) is 0 Å². The maximum atomic E-state index is 4.49. The Morgan fingerprint density at radius 2 is 2.33 bits per heavy atom. The zero-order chi connectivity index (χ0) is 10.5. The fourth-order valence-corrected chi connectivity index (χ4v) is 1.98. The number of nitrogens with one attached hydrogen (secondary N) is 1. The van der Waals surface area contributed by atoms with Crippen LogP contribution in [0.4, 0.5) is 5.82 Å². The molecule has 0 aliphatic heterocycles. The highest BCUT2D eigenvalue weighted by atomic mass is 32.1. The Kier molecular flexibility index (Phi) is 3.29. The summed E-state index contributed by atoms with van der Waals surface area (Å²) in [5, 5.41) is 6.30. The molecule has 0 atom stereocenters. The lowest BCUT2D eigenvalue weighted by Crippen LogP contribution is -2.01. The van der Waals surface area contributed by atoms with Crippen molar-refractivity contribution in [2.75, 3.05) is 11.9 Å². The summed E-state index contributed by atoms with van der Waals surface area (Å²) < 4.78 is 0. The molecule has 0 unspecified atom stereocenters. The van der Waals surface area contributed by atoms with Crippen molar-refractivity contribution in [3.8, 4) is 0 Å². The Morgan fingerprint density at radius 1 is 1.40 bits per heavy atom. The molecule has 2 aromatic rings. The van der Waals surface area contributed by atoms with Gasteiger partial charge in [-0.2, -0.15) is 0 Å². The van der Waals surface area contributed by atoms with Gasteiger partial charge in [-0.25, -0.2) is 9.97 Å². The molecule has 78 valence electrons. The van der Waals surface area contributed by atoms with Crippen molar-refractivity contribution in [1.29, 1.82) is 0 Å². The number of aromatic nitrogens is 2. The number of anilines is 1.